The van der Waals surface area contributed by atoms with Crippen LogP contribution in [0.15, 0.2) is 53.4 Å². The lowest BCUT2D eigenvalue weighted by atomic mass is 10.1. The van der Waals surface area contributed by atoms with Crippen LogP contribution in [0.25, 0.3) is 5.69 Å². The van der Waals surface area contributed by atoms with Gasteiger partial charge in [0.1, 0.15) is 0 Å². The second kappa shape index (κ2) is 9.26. The molecule has 0 saturated carbocycles. The number of carbonyl (C=O) groups is 1. The summed E-state index contributed by atoms with van der Waals surface area (Å²) >= 11 is 0. The number of hydrogen-bond donors (Lipinski definition) is 0. The molecule has 0 aliphatic heterocycles. The van der Waals surface area contributed by atoms with Gasteiger partial charge in [0, 0.05) is 31.9 Å². The van der Waals surface area contributed by atoms with Gasteiger partial charge in [-0.25, -0.2) is 13.1 Å². The lowest BCUT2D eigenvalue weighted by molar-refractivity contribution is -0.130. The highest BCUT2D eigenvalue weighted by Crippen LogP contribution is 2.21. The minimum atomic E-state index is -3.76. The summed E-state index contributed by atoms with van der Waals surface area (Å²) in [6.45, 7) is 7.79. The van der Waals surface area contributed by atoms with Crippen molar-refractivity contribution < 1.29 is 13.2 Å². The van der Waals surface area contributed by atoms with Crippen LogP contribution in [0.3, 0.4) is 0 Å². The number of aryl methyl sites for hydroxylation is 3. The fraction of sp³-hybridized carbons (Fsp3) is 0.333. The lowest BCUT2D eigenvalue weighted by Crippen LogP contribution is -2.39. The zero-order valence-electron chi connectivity index (χ0n) is 19.5. The van der Waals surface area contributed by atoms with Gasteiger partial charge in [-0.3, -0.25) is 4.79 Å². The van der Waals surface area contributed by atoms with Crippen LogP contribution in [0, 0.1) is 27.7 Å². The molecule has 0 aliphatic rings. The summed E-state index contributed by atoms with van der Waals surface area (Å²) in [7, 11) is -0.650. The summed E-state index contributed by atoms with van der Waals surface area (Å²) in [4.78, 5) is 14.6. The van der Waals surface area contributed by atoms with Crippen LogP contribution >= 0.6 is 0 Å². The van der Waals surface area contributed by atoms with E-state index in [4.69, 9.17) is 0 Å². The highest BCUT2D eigenvalue weighted by molar-refractivity contribution is 7.89. The molecule has 0 saturated heterocycles. The Morgan fingerprint density at radius 1 is 0.969 bits per heavy atom. The van der Waals surface area contributed by atoms with E-state index in [2.05, 4.69) is 5.10 Å². The number of carbonyl (C=O) groups excluding carboxylic acids is 1. The molecule has 1 amide bonds. The third kappa shape index (κ3) is 4.76. The Morgan fingerprint density at radius 2 is 1.62 bits per heavy atom. The van der Waals surface area contributed by atoms with Gasteiger partial charge in [0.05, 0.1) is 22.8 Å². The summed E-state index contributed by atoms with van der Waals surface area (Å²) in [5, 5.41) is 4.62. The van der Waals surface area contributed by atoms with Gasteiger partial charge in [-0.1, -0.05) is 24.3 Å². The number of likely N-dealkylation sites (N-methyl/N-ethyl adjacent to an activating group) is 2. The number of hydrogen-bond acceptors (Lipinski definition) is 4. The lowest BCUT2D eigenvalue weighted by Gasteiger charge is -2.22. The first-order valence-corrected chi connectivity index (χ1v) is 11.8. The molecule has 2 aromatic carbocycles. The predicted molar refractivity (Wildman–Crippen MR) is 125 cm³/mol. The molecule has 170 valence electrons. The monoisotopic (exact) mass is 454 g/mol. The van der Waals surface area contributed by atoms with Crippen molar-refractivity contribution in [3.8, 4) is 5.69 Å². The summed E-state index contributed by atoms with van der Waals surface area (Å²) in [6.07, 6.45) is 0. The first-order chi connectivity index (χ1) is 15.0. The number of nitrogens with zero attached hydrogens (tertiary/aromatic N) is 4. The maximum absolute atomic E-state index is 12.9. The van der Waals surface area contributed by atoms with Gasteiger partial charge < -0.3 is 4.90 Å². The van der Waals surface area contributed by atoms with Crippen LogP contribution in [0.1, 0.15) is 28.1 Å². The van der Waals surface area contributed by atoms with Crippen LogP contribution in [0.2, 0.25) is 0 Å². The van der Waals surface area contributed by atoms with Crippen molar-refractivity contribution in [3.63, 3.8) is 0 Å². The van der Waals surface area contributed by atoms with E-state index in [1.54, 1.807) is 30.1 Å². The van der Waals surface area contributed by atoms with Crippen molar-refractivity contribution >= 4 is 15.9 Å². The van der Waals surface area contributed by atoms with E-state index >= 15 is 0 Å². The summed E-state index contributed by atoms with van der Waals surface area (Å²) in [5.74, 6) is -0.286. The topological polar surface area (TPSA) is 75.5 Å². The molecule has 32 heavy (non-hydrogen) atoms. The van der Waals surface area contributed by atoms with Crippen LogP contribution in [-0.2, 0) is 21.4 Å². The standard InChI is InChI=1S/C24H30N4O3S/c1-17-12-13-22(14-18(17)2)32(30,31)27(6)16-24(29)26(5)15-23-19(3)25-28(20(23)4)21-10-8-7-9-11-21/h7-14H,15-16H2,1-6H3. The van der Waals surface area contributed by atoms with Crippen molar-refractivity contribution in [3.05, 3.63) is 76.6 Å². The number of rotatable bonds is 7. The first kappa shape index (κ1) is 23.7. The second-order valence-corrected chi connectivity index (χ2v) is 10.2. The van der Waals surface area contributed by atoms with Crippen LogP contribution < -0.4 is 0 Å². The smallest absolute Gasteiger partial charge is 0.243 e. The molecule has 0 bridgehead atoms. The molecule has 0 N–H and O–H groups in total. The molecule has 0 unspecified atom stereocenters. The Labute approximate surface area is 190 Å². The minimum Gasteiger partial charge on any atom is -0.340 e. The molecule has 0 spiro atoms. The van der Waals surface area contributed by atoms with Crippen molar-refractivity contribution in [1.29, 1.82) is 0 Å². The average Bonchev–Trinajstić information content (AvgIpc) is 3.04. The number of sulfonamides is 1. The van der Waals surface area contributed by atoms with Crippen molar-refractivity contribution in [2.24, 2.45) is 0 Å². The highest BCUT2D eigenvalue weighted by atomic mass is 32.2. The van der Waals surface area contributed by atoms with Gasteiger partial charge in [-0.2, -0.15) is 9.40 Å². The Bertz CT molecular complexity index is 1230. The number of aromatic nitrogens is 2. The molecule has 3 rings (SSSR count). The average molecular weight is 455 g/mol. The Hall–Kier alpha value is -2.97. The first-order valence-electron chi connectivity index (χ1n) is 10.4. The van der Waals surface area contributed by atoms with E-state index in [0.717, 1.165) is 38.1 Å². The maximum Gasteiger partial charge on any atom is 0.243 e. The zero-order chi connectivity index (χ0) is 23.6. The summed E-state index contributed by atoms with van der Waals surface area (Å²) in [6, 6.07) is 14.8. The highest BCUT2D eigenvalue weighted by Gasteiger charge is 2.25. The van der Waals surface area contributed by atoms with Crippen molar-refractivity contribution in [2.75, 3.05) is 20.6 Å². The largest absolute Gasteiger partial charge is 0.340 e. The molecule has 7 nitrogen and oxygen atoms in total. The van der Waals surface area contributed by atoms with E-state index in [9.17, 15) is 13.2 Å². The number of benzene rings is 2. The summed E-state index contributed by atoms with van der Waals surface area (Å²) < 4.78 is 28.8. The molecule has 0 aliphatic carbocycles. The normalized spacial score (nSPS) is 11.7. The number of para-hydroxylation sites is 1. The van der Waals surface area contributed by atoms with Gasteiger partial charge in [0.2, 0.25) is 15.9 Å². The van der Waals surface area contributed by atoms with E-state index < -0.39 is 10.0 Å². The molecule has 1 aromatic heterocycles. The summed E-state index contributed by atoms with van der Waals surface area (Å²) in [5.41, 5.74) is 5.59. The predicted octanol–water partition coefficient (Wildman–Crippen LogP) is 3.39. The van der Waals surface area contributed by atoms with Gasteiger partial charge in [0.25, 0.3) is 0 Å². The van der Waals surface area contributed by atoms with E-state index in [0.29, 0.717) is 6.54 Å². The van der Waals surface area contributed by atoms with Gasteiger partial charge in [0.15, 0.2) is 0 Å². The van der Waals surface area contributed by atoms with Crippen molar-refractivity contribution in [1.82, 2.24) is 19.0 Å². The molecular formula is C24H30N4O3S. The SMILES string of the molecule is Cc1ccc(S(=O)(=O)N(C)CC(=O)N(C)Cc2c(C)nn(-c3ccccc3)c2C)cc1C. The third-order valence-corrected chi connectivity index (χ3v) is 7.61. The molecule has 0 fully saturated rings. The fourth-order valence-corrected chi connectivity index (χ4v) is 4.71. The van der Waals surface area contributed by atoms with Crippen molar-refractivity contribution in [2.45, 2.75) is 39.1 Å². The quantitative estimate of drug-likeness (QED) is 0.548. The van der Waals surface area contributed by atoms with E-state index in [1.807, 2.05) is 62.7 Å². The minimum absolute atomic E-state index is 0.189. The van der Waals surface area contributed by atoms with Gasteiger partial charge in [-0.15, -0.1) is 0 Å². The molecular weight excluding hydrogens is 424 g/mol. The second-order valence-electron chi connectivity index (χ2n) is 8.15. The molecule has 8 heteroatoms. The van der Waals surface area contributed by atoms with Gasteiger partial charge in [-0.05, 0) is 63.1 Å². The molecule has 0 radical (unpaired) electrons. The van der Waals surface area contributed by atoms with Gasteiger partial charge >= 0.3 is 0 Å². The van der Waals surface area contributed by atoms with E-state index in [-0.39, 0.29) is 17.3 Å². The zero-order valence-corrected chi connectivity index (χ0v) is 20.3. The molecule has 0 atom stereocenters. The Morgan fingerprint density at radius 3 is 2.25 bits per heavy atom. The molecule has 1 heterocycles. The van der Waals surface area contributed by atoms with Crippen LogP contribution in [0.5, 0.6) is 0 Å². The Balaban J connectivity index is 1.74. The van der Waals surface area contributed by atoms with Crippen LogP contribution in [0.4, 0.5) is 0 Å². The third-order valence-electron chi connectivity index (χ3n) is 5.81. The maximum atomic E-state index is 12.9. The molecule has 3 aromatic rings. The van der Waals surface area contributed by atoms with E-state index in [1.165, 1.54) is 7.05 Å². The Kier molecular flexibility index (Phi) is 6.85. The number of amides is 1. The fourth-order valence-electron chi connectivity index (χ4n) is 3.50. The van der Waals surface area contributed by atoms with Crippen LogP contribution in [-0.4, -0.2) is 54.0 Å².